The first-order valence-electron chi connectivity index (χ1n) is 5.44. The first-order valence-corrected chi connectivity index (χ1v) is 14.3. The molecule has 1 heterocycles. The van der Waals surface area contributed by atoms with E-state index in [2.05, 4.69) is 4.52 Å². The number of rotatable bonds is 2. The van der Waals surface area contributed by atoms with Gasteiger partial charge in [-0.05, 0) is 6.92 Å². The molecule has 1 unspecified atom stereocenters. The summed E-state index contributed by atoms with van der Waals surface area (Å²) >= 11 is 0. The van der Waals surface area contributed by atoms with E-state index in [1.165, 1.54) is 18.1 Å². The summed E-state index contributed by atoms with van der Waals surface area (Å²) in [7, 11) is -41.0. The van der Waals surface area contributed by atoms with E-state index in [0.29, 0.717) is 0 Å². The molecule has 26 heavy (non-hydrogen) atoms. The Hall–Kier alpha value is 0.570. The lowest BCUT2D eigenvalue weighted by Gasteiger charge is -2.13. The fourth-order valence-electron chi connectivity index (χ4n) is 1.11. The molecule has 1 rings (SSSR count). The molecule has 0 radical (unpaired) electrons. The highest BCUT2D eigenvalue weighted by Gasteiger charge is 2.40. The highest BCUT2D eigenvalue weighted by molar-refractivity contribution is 7.78. The van der Waals surface area contributed by atoms with Gasteiger partial charge < -0.3 is 4.52 Å². The van der Waals surface area contributed by atoms with Gasteiger partial charge in [0.2, 0.25) is 0 Å². The molecule has 0 saturated carbocycles. The van der Waals surface area contributed by atoms with Crippen molar-refractivity contribution in [3.05, 3.63) is 0 Å². The summed E-state index contributed by atoms with van der Waals surface area (Å²) < 4.78 is 159. The third kappa shape index (κ3) is 8.29. The lowest BCUT2D eigenvalue weighted by molar-refractivity contribution is 0.348. The second-order valence-electron chi connectivity index (χ2n) is 3.71. The largest absolute Gasteiger partial charge is 0.425 e. The van der Waals surface area contributed by atoms with E-state index in [0.717, 1.165) is 6.92 Å². The quantitative estimate of drug-likeness (QED) is 0.261. The van der Waals surface area contributed by atoms with Gasteiger partial charge in [0, 0.05) is 0 Å². The normalized spacial score (nSPS) is 31.8. The van der Waals surface area contributed by atoms with Crippen molar-refractivity contribution < 1.29 is 50.7 Å². The molecular weight excluding hydrogens is 519 g/mol. The maximum absolute atomic E-state index is 14.1. The van der Waals surface area contributed by atoms with E-state index in [4.69, 9.17) is 0 Å². The minimum Gasteiger partial charge on any atom is -0.303 e. The van der Waals surface area contributed by atoms with Gasteiger partial charge in [0.1, 0.15) is 0 Å². The van der Waals surface area contributed by atoms with Gasteiger partial charge in [-0.25, -0.2) is 0 Å². The van der Waals surface area contributed by atoms with E-state index in [1.807, 2.05) is 0 Å². The Labute approximate surface area is 139 Å². The molecule has 0 aromatic carbocycles. The van der Waals surface area contributed by atoms with Gasteiger partial charge in [0.15, 0.2) is 0 Å². The molecule has 0 saturated heterocycles. The topological polar surface area (TPSA) is 83.4 Å². The van der Waals surface area contributed by atoms with Gasteiger partial charge in [-0.2, -0.15) is 4.20 Å². The predicted octanol–water partition coefficient (Wildman–Crippen LogP) is 11.4. The third-order valence-electron chi connectivity index (χ3n) is 1.59. The van der Waals surface area contributed by atoms with Crippen molar-refractivity contribution in [1.29, 1.82) is 0 Å². The Balaban J connectivity index is 4.11. The fraction of sp³-hybridized carbons (Fsp3) is 1.00. The second kappa shape index (κ2) is 7.77. The zero-order chi connectivity index (χ0) is 20.7. The monoisotopic (exact) mass is 524 g/mol. The summed E-state index contributed by atoms with van der Waals surface area (Å²) in [6, 6.07) is 0. The van der Waals surface area contributed by atoms with Crippen LogP contribution in [0.5, 0.6) is 0 Å². The van der Waals surface area contributed by atoms with E-state index in [1.54, 1.807) is 9.03 Å². The molecule has 1 atom stereocenters. The van der Waals surface area contributed by atoms with Gasteiger partial charge in [-0.3, -0.25) is 0 Å². The Kier molecular flexibility index (Phi) is 7.35. The third-order valence-corrected chi connectivity index (χ3v) is 12.6. The van der Waals surface area contributed by atoms with Gasteiger partial charge >= 0.3 is 46.9 Å². The smallest absolute Gasteiger partial charge is 0.303 e. The zero-order valence-corrected chi connectivity index (χ0v) is 17.0. The van der Waals surface area contributed by atoms with Gasteiger partial charge in [-0.1, -0.05) is 0 Å². The molecule has 1 aliphatic heterocycles. The Morgan fingerprint density at radius 2 is 0.769 bits per heavy atom. The van der Waals surface area contributed by atoms with Gasteiger partial charge in [0.25, 0.3) is 0 Å². The lowest BCUT2D eigenvalue weighted by Crippen LogP contribution is -1.81. The van der Waals surface area contributed by atoms with Crippen molar-refractivity contribution >= 4 is 46.9 Å². The van der Waals surface area contributed by atoms with Crippen molar-refractivity contribution in [3.63, 3.8) is 0 Å². The number of hydrogen-bond acceptors (Lipinski definition) is 7. The van der Waals surface area contributed by atoms with Crippen LogP contribution in [0, 0.1) is 0 Å². The van der Waals surface area contributed by atoms with Crippen LogP contribution in [-0.2, 0) is 4.52 Å². The van der Waals surface area contributed by atoms with Crippen LogP contribution >= 0.6 is 46.9 Å². The first kappa shape index (κ1) is 24.6. The fourth-order valence-corrected chi connectivity index (χ4v) is 10.9. The summed E-state index contributed by atoms with van der Waals surface area (Å²) in [6.07, 6.45) is 0. The molecule has 7 nitrogen and oxygen atoms in total. The van der Waals surface area contributed by atoms with Crippen molar-refractivity contribution in [3.8, 4) is 0 Å². The van der Waals surface area contributed by atoms with Crippen LogP contribution in [0.1, 0.15) is 6.92 Å². The van der Waals surface area contributed by atoms with Crippen LogP contribution in [0.3, 0.4) is 0 Å². The summed E-state index contributed by atoms with van der Waals surface area (Å²) in [5.74, 6) is 0. The van der Waals surface area contributed by atoms with Crippen molar-refractivity contribution in [2.45, 2.75) is 6.92 Å². The maximum atomic E-state index is 14.1. The van der Waals surface area contributed by atoms with Crippen LogP contribution in [0.2, 0.25) is 0 Å². The minimum absolute atomic E-state index is 0.878. The maximum Gasteiger partial charge on any atom is 0.425 e. The zero-order valence-electron chi connectivity index (χ0n) is 11.6. The van der Waals surface area contributed by atoms with Crippen molar-refractivity contribution in [2.75, 3.05) is 6.61 Å². The van der Waals surface area contributed by atoms with E-state index in [9.17, 15) is 46.2 Å². The van der Waals surface area contributed by atoms with Crippen LogP contribution < -0.4 is 0 Å². The van der Waals surface area contributed by atoms with Gasteiger partial charge in [0.05, 0.1) is 6.61 Å². The molecule has 0 aromatic rings. The van der Waals surface area contributed by atoms with Crippen LogP contribution in [0.15, 0.2) is 27.1 Å². The molecule has 0 spiro atoms. The van der Waals surface area contributed by atoms with E-state index < -0.39 is 53.5 Å². The molecule has 0 bridgehead atoms. The predicted molar refractivity (Wildman–Crippen MR) is 79.9 cm³/mol. The molecule has 0 amide bonds. The molecular formula is C2H5F11N6OP6. The average Bonchev–Trinajstić information content (AvgIpc) is 2.15. The summed E-state index contributed by atoms with van der Waals surface area (Å²) in [4.78, 5) is 0. The Morgan fingerprint density at radius 1 is 0.500 bits per heavy atom. The second-order valence-corrected chi connectivity index (χ2v) is 13.8. The van der Waals surface area contributed by atoms with E-state index in [-0.39, 0.29) is 0 Å². The Bertz CT molecular complexity index is 888. The molecule has 0 N–H and O–H groups in total. The molecule has 1 aliphatic rings. The molecule has 0 aliphatic carbocycles. The Morgan fingerprint density at radius 3 is 1.08 bits per heavy atom. The SMILES string of the molecule is CCOP1(F)=NP(F)(F)=NP(F)(F)=NP(F)(F)=NP(F)(F)=NP(F)(F)=N1. The van der Waals surface area contributed by atoms with Crippen molar-refractivity contribution in [1.82, 2.24) is 0 Å². The number of nitrogens with zero attached hydrogens (tertiary/aromatic N) is 6. The van der Waals surface area contributed by atoms with Gasteiger partial charge in [-0.15, -0.1) is 69.1 Å². The average molecular weight is 524 g/mol. The molecule has 0 fully saturated rings. The van der Waals surface area contributed by atoms with E-state index >= 15 is 0 Å². The summed E-state index contributed by atoms with van der Waals surface area (Å²) in [5, 5.41) is 0. The summed E-state index contributed by atoms with van der Waals surface area (Å²) in [5.41, 5.74) is 0. The van der Waals surface area contributed by atoms with Crippen LogP contribution in [0.25, 0.3) is 0 Å². The molecule has 0 aromatic heterocycles. The van der Waals surface area contributed by atoms with Crippen molar-refractivity contribution in [2.24, 2.45) is 27.1 Å². The lowest BCUT2D eigenvalue weighted by atomic mass is 10.9. The van der Waals surface area contributed by atoms with Crippen LogP contribution in [-0.4, -0.2) is 6.61 Å². The molecule has 156 valence electrons. The highest BCUT2D eigenvalue weighted by Crippen LogP contribution is 2.83. The molecule has 24 heteroatoms. The first-order chi connectivity index (χ1) is 11.3. The number of hydrogen-bond donors (Lipinski definition) is 0. The minimum atomic E-state index is -7.06. The number of halogens is 11. The highest BCUT2D eigenvalue weighted by atomic mass is 31.3. The summed E-state index contributed by atoms with van der Waals surface area (Å²) in [6.45, 7) is -0.0600. The standard InChI is InChI=1S/C2H5F11N6OP6/c1-2-20-26(13)18-24(9,10)16-22(5,6)14-21(3,4)15-23(7,8)17-25(11,12)19-26/h2H2,1H3. The van der Waals surface area contributed by atoms with Crippen LogP contribution in [0.4, 0.5) is 46.2 Å².